The van der Waals surface area contributed by atoms with Gasteiger partial charge < -0.3 is 11.1 Å². The molecule has 0 saturated carbocycles. The van der Waals surface area contributed by atoms with E-state index in [9.17, 15) is 9.59 Å². The van der Waals surface area contributed by atoms with Gasteiger partial charge in [-0.3, -0.25) is 9.59 Å². The summed E-state index contributed by atoms with van der Waals surface area (Å²) in [5.74, 6) is -0.380. The lowest BCUT2D eigenvalue weighted by molar-refractivity contribution is 0.1000. The van der Waals surface area contributed by atoms with Crippen LogP contribution in [0.5, 0.6) is 0 Å². The van der Waals surface area contributed by atoms with Gasteiger partial charge in [0.2, 0.25) is 0 Å². The Morgan fingerprint density at radius 3 is 2.54 bits per heavy atom. The van der Waals surface area contributed by atoms with Crippen LogP contribution in [0.15, 0.2) is 18.2 Å². The number of benzene rings is 1. The molecule has 0 aliphatic heterocycles. The number of nitrogens with two attached hydrogens (primary N) is 1. The maximum atomic E-state index is 12.5. The van der Waals surface area contributed by atoms with Crippen molar-refractivity contribution < 1.29 is 9.59 Å². The zero-order chi connectivity index (χ0) is 17.4. The molecule has 3 N–H and O–H groups in total. The molecule has 0 radical (unpaired) electrons. The number of fused-ring (bicyclic) bond motifs is 1. The Hall–Kier alpha value is -1.56. The van der Waals surface area contributed by atoms with E-state index in [-0.39, 0.29) is 5.91 Å². The van der Waals surface area contributed by atoms with Crippen molar-refractivity contribution in [3.8, 4) is 0 Å². The van der Waals surface area contributed by atoms with Crippen LogP contribution in [0.3, 0.4) is 0 Å². The molecule has 1 heterocycles. The number of primary amides is 1. The summed E-state index contributed by atoms with van der Waals surface area (Å²) < 4.78 is 0. The fourth-order valence-corrected chi connectivity index (χ4v) is 4.74. The molecule has 1 atom stereocenters. The zero-order valence-corrected chi connectivity index (χ0v) is 15.3. The Kier molecular flexibility index (Phi) is 4.85. The molecule has 7 heteroatoms. The van der Waals surface area contributed by atoms with Gasteiger partial charge in [-0.25, -0.2) is 0 Å². The summed E-state index contributed by atoms with van der Waals surface area (Å²) in [4.78, 5) is 25.5. The van der Waals surface area contributed by atoms with E-state index in [1.807, 2.05) is 0 Å². The van der Waals surface area contributed by atoms with Crippen molar-refractivity contribution in [2.75, 3.05) is 5.32 Å². The molecule has 0 saturated heterocycles. The first-order valence-corrected chi connectivity index (χ1v) is 9.14. The number of thiophene rings is 1. The first-order chi connectivity index (χ1) is 11.3. The van der Waals surface area contributed by atoms with E-state index in [4.69, 9.17) is 28.9 Å². The molecule has 1 aliphatic rings. The van der Waals surface area contributed by atoms with Crippen LogP contribution in [0.25, 0.3) is 0 Å². The van der Waals surface area contributed by atoms with Crippen molar-refractivity contribution in [3.05, 3.63) is 49.8 Å². The molecule has 0 unspecified atom stereocenters. The second kappa shape index (κ2) is 6.75. The predicted molar refractivity (Wildman–Crippen MR) is 98.4 cm³/mol. The Labute approximate surface area is 153 Å². The highest BCUT2D eigenvalue weighted by Crippen LogP contribution is 2.39. The number of aryl methyl sites for hydroxylation is 1. The molecular weight excluding hydrogens is 367 g/mol. The van der Waals surface area contributed by atoms with E-state index in [0.29, 0.717) is 32.1 Å². The number of carbonyl (C=O) groups excluding carboxylic acids is 2. The first kappa shape index (κ1) is 17.3. The molecule has 0 spiro atoms. The monoisotopic (exact) mass is 382 g/mol. The van der Waals surface area contributed by atoms with Crippen LogP contribution >= 0.6 is 34.5 Å². The van der Waals surface area contributed by atoms with Gasteiger partial charge in [-0.05, 0) is 48.9 Å². The zero-order valence-electron chi connectivity index (χ0n) is 13.0. The van der Waals surface area contributed by atoms with E-state index in [0.717, 1.165) is 29.7 Å². The molecule has 2 aromatic rings. The average Bonchev–Trinajstić information content (AvgIpc) is 2.83. The van der Waals surface area contributed by atoms with Crippen molar-refractivity contribution in [2.24, 2.45) is 11.7 Å². The molecule has 2 amide bonds. The van der Waals surface area contributed by atoms with Crippen molar-refractivity contribution in [1.82, 2.24) is 0 Å². The summed E-state index contributed by atoms with van der Waals surface area (Å²) in [5, 5.41) is 4.05. The lowest BCUT2D eigenvalue weighted by atomic mass is 9.87. The lowest BCUT2D eigenvalue weighted by Gasteiger charge is -2.18. The van der Waals surface area contributed by atoms with Crippen molar-refractivity contribution >= 4 is 51.4 Å². The van der Waals surface area contributed by atoms with Gasteiger partial charge in [0.25, 0.3) is 11.8 Å². The summed E-state index contributed by atoms with van der Waals surface area (Å²) in [6.45, 7) is 2.15. The minimum absolute atomic E-state index is 0.336. The number of rotatable bonds is 3. The van der Waals surface area contributed by atoms with Gasteiger partial charge >= 0.3 is 0 Å². The summed E-state index contributed by atoms with van der Waals surface area (Å²) in [6.07, 6.45) is 2.78. The molecule has 0 fully saturated rings. The van der Waals surface area contributed by atoms with Gasteiger partial charge in [-0.15, -0.1) is 11.3 Å². The number of halogens is 2. The highest BCUT2D eigenvalue weighted by atomic mass is 35.5. The normalized spacial score (nSPS) is 16.5. The number of amides is 2. The standard InChI is InChI=1S/C17H16Cl2N2O2S/c1-8-2-3-13-12(4-8)14(15(20)22)17(24-13)21-16(23)9-5-10(18)7-11(19)6-9/h5-8H,2-4H2,1H3,(H2,20,22)(H,21,23)/t8-/m1/s1. The van der Waals surface area contributed by atoms with Gasteiger partial charge in [0, 0.05) is 20.5 Å². The molecule has 1 aromatic heterocycles. The average molecular weight is 383 g/mol. The highest BCUT2D eigenvalue weighted by molar-refractivity contribution is 7.17. The van der Waals surface area contributed by atoms with Crippen LogP contribution in [-0.2, 0) is 12.8 Å². The third-order valence-corrected chi connectivity index (χ3v) is 5.75. The second-order valence-electron chi connectivity index (χ2n) is 6.03. The lowest BCUT2D eigenvalue weighted by Crippen LogP contribution is -2.19. The van der Waals surface area contributed by atoms with Crippen LogP contribution in [-0.4, -0.2) is 11.8 Å². The summed E-state index contributed by atoms with van der Waals surface area (Å²) >= 11 is 13.3. The van der Waals surface area contributed by atoms with Crippen LogP contribution in [0, 0.1) is 5.92 Å². The third-order valence-electron chi connectivity index (χ3n) is 4.11. The maximum absolute atomic E-state index is 12.5. The Balaban J connectivity index is 1.95. The van der Waals surface area contributed by atoms with Crippen LogP contribution in [0.1, 0.15) is 44.5 Å². The number of hydrogen-bond acceptors (Lipinski definition) is 3. The summed E-state index contributed by atoms with van der Waals surface area (Å²) in [5.41, 5.74) is 7.31. The largest absolute Gasteiger partial charge is 0.365 e. The summed E-state index contributed by atoms with van der Waals surface area (Å²) in [7, 11) is 0. The number of carbonyl (C=O) groups is 2. The predicted octanol–water partition coefficient (Wildman–Crippen LogP) is 4.53. The van der Waals surface area contributed by atoms with Gasteiger partial charge in [0.15, 0.2) is 0 Å². The van der Waals surface area contributed by atoms with Crippen LogP contribution < -0.4 is 11.1 Å². The highest BCUT2D eigenvalue weighted by Gasteiger charge is 2.27. The van der Waals surface area contributed by atoms with E-state index in [1.54, 1.807) is 6.07 Å². The van der Waals surface area contributed by atoms with Gasteiger partial charge in [0.05, 0.1) is 5.56 Å². The maximum Gasteiger partial charge on any atom is 0.256 e. The van der Waals surface area contributed by atoms with E-state index < -0.39 is 5.91 Å². The molecule has 1 aliphatic carbocycles. The fraction of sp³-hybridized carbons (Fsp3) is 0.294. The van der Waals surface area contributed by atoms with E-state index in [1.165, 1.54) is 23.5 Å². The Bertz CT molecular complexity index is 812. The summed E-state index contributed by atoms with van der Waals surface area (Å²) in [6, 6.07) is 4.62. The van der Waals surface area contributed by atoms with Gasteiger partial charge in [0.1, 0.15) is 5.00 Å². The first-order valence-electron chi connectivity index (χ1n) is 7.57. The molecule has 24 heavy (non-hydrogen) atoms. The van der Waals surface area contributed by atoms with Crippen LogP contribution in [0.4, 0.5) is 5.00 Å². The molecule has 126 valence electrons. The van der Waals surface area contributed by atoms with Gasteiger partial charge in [-0.2, -0.15) is 0 Å². The van der Waals surface area contributed by atoms with Crippen LogP contribution in [0.2, 0.25) is 10.0 Å². The second-order valence-corrected chi connectivity index (χ2v) is 8.01. The molecule has 1 aromatic carbocycles. The Morgan fingerprint density at radius 1 is 1.25 bits per heavy atom. The van der Waals surface area contributed by atoms with Crippen molar-refractivity contribution in [1.29, 1.82) is 0 Å². The van der Waals surface area contributed by atoms with Crippen molar-refractivity contribution in [2.45, 2.75) is 26.2 Å². The molecule has 3 rings (SSSR count). The van der Waals surface area contributed by atoms with Crippen molar-refractivity contribution in [3.63, 3.8) is 0 Å². The Morgan fingerprint density at radius 2 is 1.92 bits per heavy atom. The SMILES string of the molecule is C[C@@H]1CCc2sc(NC(=O)c3cc(Cl)cc(Cl)c3)c(C(N)=O)c2C1. The minimum atomic E-state index is -0.513. The fourth-order valence-electron chi connectivity index (χ4n) is 2.97. The number of nitrogens with one attached hydrogen (secondary N) is 1. The number of hydrogen-bond donors (Lipinski definition) is 2. The van der Waals surface area contributed by atoms with Gasteiger partial charge in [-0.1, -0.05) is 30.1 Å². The third kappa shape index (κ3) is 3.43. The van der Waals surface area contributed by atoms with E-state index >= 15 is 0 Å². The minimum Gasteiger partial charge on any atom is -0.365 e. The topological polar surface area (TPSA) is 72.2 Å². The quantitative estimate of drug-likeness (QED) is 0.817. The molecular formula is C17H16Cl2N2O2S. The molecule has 4 nitrogen and oxygen atoms in total. The van der Waals surface area contributed by atoms with E-state index in [2.05, 4.69) is 12.2 Å². The smallest absolute Gasteiger partial charge is 0.256 e. The molecule has 0 bridgehead atoms. The number of anilines is 1.